The first-order chi connectivity index (χ1) is 13.6. The van der Waals surface area contributed by atoms with Gasteiger partial charge in [0.2, 0.25) is 0 Å². The summed E-state index contributed by atoms with van der Waals surface area (Å²) < 4.78 is 28.2. The molecule has 4 rings (SSSR count). The number of fused-ring (bicyclic) bond motifs is 1. The first-order valence-electron chi connectivity index (χ1n) is 9.37. The predicted molar refractivity (Wildman–Crippen MR) is 114 cm³/mol. The fourth-order valence-corrected chi connectivity index (χ4v) is 5.26. The predicted octanol–water partition coefficient (Wildman–Crippen LogP) is 4.79. The van der Waals surface area contributed by atoms with Crippen LogP contribution in [-0.4, -0.2) is 24.9 Å². The number of hydrogen-bond acceptors (Lipinski definition) is 6. The van der Waals surface area contributed by atoms with Gasteiger partial charge < -0.3 is 5.32 Å². The number of benzene rings is 1. The molecule has 1 aliphatic carbocycles. The molecule has 28 heavy (non-hydrogen) atoms. The standard InChI is InChI=1S/C20H22N4O2S2/c25-28(26,18-11-6-14-27-18)24-20-19(21-13-12-15-7-2-1-3-8-15)22-16-9-4-5-10-17(16)23-20/h4-7,9-11,14H,1-3,8,12-13H2,(H,21,22)(H,23,24). The van der Waals surface area contributed by atoms with Crippen LogP contribution in [0.5, 0.6) is 0 Å². The lowest BCUT2D eigenvalue weighted by Crippen LogP contribution is -2.16. The molecule has 2 aromatic heterocycles. The fraction of sp³-hybridized carbons (Fsp3) is 0.300. The Morgan fingerprint density at radius 2 is 1.79 bits per heavy atom. The average molecular weight is 415 g/mol. The number of nitrogens with zero attached hydrogens (tertiary/aromatic N) is 2. The number of rotatable bonds is 7. The number of hydrogen-bond donors (Lipinski definition) is 2. The van der Waals surface area contributed by atoms with Gasteiger partial charge in [-0.25, -0.2) is 18.4 Å². The van der Waals surface area contributed by atoms with Crippen molar-refractivity contribution in [2.75, 3.05) is 16.6 Å². The minimum Gasteiger partial charge on any atom is -0.367 e. The molecule has 0 spiro atoms. The van der Waals surface area contributed by atoms with Crippen LogP contribution >= 0.6 is 11.3 Å². The maximum absolute atomic E-state index is 12.7. The minimum atomic E-state index is -3.69. The number of thiophene rings is 1. The van der Waals surface area contributed by atoms with Crippen molar-refractivity contribution in [3.63, 3.8) is 0 Å². The number of para-hydroxylation sites is 2. The summed E-state index contributed by atoms with van der Waals surface area (Å²) in [7, 11) is -3.69. The molecule has 8 heteroatoms. The van der Waals surface area contributed by atoms with Gasteiger partial charge in [-0.15, -0.1) is 11.3 Å². The summed E-state index contributed by atoms with van der Waals surface area (Å²) in [5.41, 5.74) is 2.82. The van der Waals surface area contributed by atoms with E-state index in [4.69, 9.17) is 0 Å². The third kappa shape index (κ3) is 4.34. The molecule has 6 nitrogen and oxygen atoms in total. The summed E-state index contributed by atoms with van der Waals surface area (Å²) in [5.74, 6) is 0.681. The van der Waals surface area contributed by atoms with E-state index in [0.717, 1.165) is 24.8 Å². The normalized spacial score (nSPS) is 14.6. The summed E-state index contributed by atoms with van der Waals surface area (Å²) in [6.45, 7) is 0.687. The molecule has 0 aliphatic heterocycles. The largest absolute Gasteiger partial charge is 0.367 e. The van der Waals surface area contributed by atoms with Crippen LogP contribution in [0.15, 0.2) is 57.6 Å². The van der Waals surface area contributed by atoms with E-state index in [9.17, 15) is 8.42 Å². The topological polar surface area (TPSA) is 84.0 Å². The number of allylic oxidation sites excluding steroid dienone is 1. The van der Waals surface area contributed by atoms with Crippen LogP contribution in [0.25, 0.3) is 11.0 Å². The molecule has 0 radical (unpaired) electrons. The smallest absolute Gasteiger partial charge is 0.272 e. The third-order valence-corrected chi connectivity index (χ3v) is 7.42. The van der Waals surface area contributed by atoms with Gasteiger partial charge in [-0.2, -0.15) is 0 Å². The number of nitrogens with one attached hydrogen (secondary N) is 2. The molecule has 1 aliphatic rings. The Balaban J connectivity index is 1.60. The molecule has 1 aromatic carbocycles. The first kappa shape index (κ1) is 18.9. The van der Waals surface area contributed by atoms with Crippen LogP contribution in [0.1, 0.15) is 32.1 Å². The van der Waals surface area contributed by atoms with Crippen molar-refractivity contribution in [2.45, 2.75) is 36.3 Å². The van der Waals surface area contributed by atoms with Gasteiger partial charge in [0.05, 0.1) is 11.0 Å². The Bertz CT molecular complexity index is 1090. The first-order valence-corrected chi connectivity index (χ1v) is 11.7. The van der Waals surface area contributed by atoms with Gasteiger partial charge in [-0.05, 0) is 55.7 Å². The highest BCUT2D eigenvalue weighted by Crippen LogP contribution is 2.26. The van der Waals surface area contributed by atoms with Gasteiger partial charge in [0.1, 0.15) is 4.21 Å². The molecule has 0 fully saturated rings. The van der Waals surface area contributed by atoms with E-state index in [1.165, 1.54) is 29.8 Å². The molecule has 2 heterocycles. The Kier molecular flexibility index (Phi) is 5.59. The van der Waals surface area contributed by atoms with Crippen molar-refractivity contribution >= 4 is 44.0 Å². The van der Waals surface area contributed by atoms with Crippen molar-refractivity contribution in [1.82, 2.24) is 9.97 Å². The van der Waals surface area contributed by atoms with E-state index in [0.29, 0.717) is 17.9 Å². The van der Waals surface area contributed by atoms with Crippen LogP contribution in [0.3, 0.4) is 0 Å². The zero-order chi connectivity index (χ0) is 19.4. The Hall–Kier alpha value is -2.45. The highest BCUT2D eigenvalue weighted by atomic mass is 32.2. The zero-order valence-corrected chi connectivity index (χ0v) is 17.0. The SMILES string of the molecule is O=S(=O)(Nc1nc2ccccc2nc1NCCC1=CCCCC1)c1cccs1. The van der Waals surface area contributed by atoms with E-state index in [1.54, 1.807) is 17.5 Å². The molecular formula is C20H22N4O2S2. The van der Waals surface area contributed by atoms with Crippen molar-refractivity contribution in [2.24, 2.45) is 0 Å². The highest BCUT2D eigenvalue weighted by Gasteiger charge is 2.19. The summed E-state index contributed by atoms with van der Waals surface area (Å²) >= 11 is 1.17. The van der Waals surface area contributed by atoms with Gasteiger partial charge in [-0.3, -0.25) is 4.72 Å². The van der Waals surface area contributed by atoms with E-state index < -0.39 is 10.0 Å². The lowest BCUT2D eigenvalue weighted by Gasteiger charge is -2.15. The van der Waals surface area contributed by atoms with Crippen molar-refractivity contribution < 1.29 is 8.42 Å². The lowest BCUT2D eigenvalue weighted by molar-refractivity contribution is 0.603. The Morgan fingerprint density at radius 1 is 1.00 bits per heavy atom. The van der Waals surface area contributed by atoms with Gasteiger partial charge in [-0.1, -0.05) is 29.8 Å². The van der Waals surface area contributed by atoms with Crippen LogP contribution in [0, 0.1) is 0 Å². The van der Waals surface area contributed by atoms with Crippen LogP contribution in [-0.2, 0) is 10.0 Å². The molecule has 3 aromatic rings. The summed E-state index contributed by atoms with van der Waals surface area (Å²) in [6.07, 6.45) is 8.04. The maximum Gasteiger partial charge on any atom is 0.272 e. The van der Waals surface area contributed by atoms with E-state index >= 15 is 0 Å². The molecule has 146 valence electrons. The summed E-state index contributed by atoms with van der Waals surface area (Å²) in [4.78, 5) is 9.12. The number of sulfonamides is 1. The second kappa shape index (κ2) is 8.28. The molecule has 0 saturated heterocycles. The van der Waals surface area contributed by atoms with Gasteiger partial charge in [0, 0.05) is 6.54 Å². The molecule has 0 unspecified atom stereocenters. The summed E-state index contributed by atoms with van der Waals surface area (Å²) in [6, 6.07) is 10.7. The fourth-order valence-electron chi connectivity index (χ4n) is 3.26. The molecular weight excluding hydrogens is 392 g/mol. The highest BCUT2D eigenvalue weighted by molar-refractivity contribution is 7.94. The van der Waals surface area contributed by atoms with E-state index in [2.05, 4.69) is 26.1 Å². The Morgan fingerprint density at radius 3 is 2.46 bits per heavy atom. The van der Waals surface area contributed by atoms with Crippen LogP contribution in [0.2, 0.25) is 0 Å². The second-order valence-electron chi connectivity index (χ2n) is 6.73. The summed E-state index contributed by atoms with van der Waals surface area (Å²) in [5, 5.41) is 5.02. The average Bonchev–Trinajstić information content (AvgIpc) is 3.25. The van der Waals surface area contributed by atoms with Gasteiger partial charge in [0.15, 0.2) is 11.6 Å². The molecule has 0 atom stereocenters. The monoisotopic (exact) mass is 414 g/mol. The molecule has 0 bridgehead atoms. The molecule has 0 saturated carbocycles. The van der Waals surface area contributed by atoms with Crippen LogP contribution < -0.4 is 10.0 Å². The van der Waals surface area contributed by atoms with E-state index in [-0.39, 0.29) is 10.0 Å². The zero-order valence-electron chi connectivity index (χ0n) is 15.4. The molecule has 0 amide bonds. The van der Waals surface area contributed by atoms with Crippen LogP contribution in [0.4, 0.5) is 11.6 Å². The van der Waals surface area contributed by atoms with Gasteiger partial charge >= 0.3 is 0 Å². The quantitative estimate of drug-likeness (QED) is 0.543. The van der Waals surface area contributed by atoms with Gasteiger partial charge in [0.25, 0.3) is 10.0 Å². The van der Waals surface area contributed by atoms with Crippen molar-refractivity contribution in [3.05, 3.63) is 53.4 Å². The lowest BCUT2D eigenvalue weighted by atomic mass is 9.97. The maximum atomic E-state index is 12.7. The van der Waals surface area contributed by atoms with Crippen molar-refractivity contribution in [1.29, 1.82) is 0 Å². The second-order valence-corrected chi connectivity index (χ2v) is 9.59. The van der Waals surface area contributed by atoms with E-state index in [1.807, 2.05) is 24.3 Å². The van der Waals surface area contributed by atoms with Crippen molar-refractivity contribution in [3.8, 4) is 0 Å². The number of aromatic nitrogens is 2. The third-order valence-electron chi connectivity index (χ3n) is 4.69. The molecule has 2 N–H and O–H groups in total. The Labute approximate surface area is 168 Å². The minimum absolute atomic E-state index is 0.227. The number of anilines is 2.